The van der Waals surface area contributed by atoms with Crippen molar-refractivity contribution in [3.63, 3.8) is 0 Å². The summed E-state index contributed by atoms with van der Waals surface area (Å²) in [6.45, 7) is 11.0. The van der Waals surface area contributed by atoms with Gasteiger partial charge in [0, 0.05) is 32.6 Å². The summed E-state index contributed by atoms with van der Waals surface area (Å²) in [4.78, 5) is 31.0. The van der Waals surface area contributed by atoms with Crippen LogP contribution in [0, 0.1) is 5.92 Å². The highest BCUT2D eigenvalue weighted by Crippen LogP contribution is 2.33. The lowest BCUT2D eigenvalue weighted by Crippen LogP contribution is -2.49. The molecular formula is C23H35N3O4. The summed E-state index contributed by atoms with van der Waals surface area (Å²) in [6.07, 6.45) is 0.974. The number of para-hydroxylation sites is 2. The number of benzene rings is 1. The van der Waals surface area contributed by atoms with E-state index in [9.17, 15) is 9.59 Å². The number of nitrogens with zero attached hydrogens (tertiary/aromatic N) is 3. The van der Waals surface area contributed by atoms with Crippen LogP contribution in [-0.2, 0) is 9.53 Å². The summed E-state index contributed by atoms with van der Waals surface area (Å²) >= 11 is 0. The van der Waals surface area contributed by atoms with E-state index in [0.717, 1.165) is 24.5 Å². The van der Waals surface area contributed by atoms with E-state index in [1.165, 1.54) is 0 Å². The van der Waals surface area contributed by atoms with E-state index < -0.39 is 5.60 Å². The Morgan fingerprint density at radius 3 is 2.50 bits per heavy atom. The number of rotatable bonds is 4. The molecule has 7 heteroatoms. The Morgan fingerprint density at radius 2 is 1.87 bits per heavy atom. The lowest BCUT2D eigenvalue weighted by atomic mass is 9.95. The largest absolute Gasteiger partial charge is 0.485 e. The molecular weight excluding hydrogens is 382 g/mol. The first-order valence-electron chi connectivity index (χ1n) is 10.9. The third kappa shape index (κ3) is 5.37. The maximum atomic E-state index is 13.0. The molecule has 0 N–H and O–H groups in total. The van der Waals surface area contributed by atoms with Crippen molar-refractivity contribution >= 4 is 17.7 Å². The van der Waals surface area contributed by atoms with Crippen molar-refractivity contribution in [1.82, 2.24) is 9.80 Å². The number of ether oxygens (including phenoxy) is 2. The molecule has 30 heavy (non-hydrogen) atoms. The Kier molecular flexibility index (Phi) is 6.78. The minimum absolute atomic E-state index is 0.0596. The van der Waals surface area contributed by atoms with Crippen LogP contribution in [0.2, 0.25) is 0 Å². The lowest BCUT2D eigenvalue weighted by molar-refractivity contribution is -0.136. The third-order valence-corrected chi connectivity index (χ3v) is 5.65. The van der Waals surface area contributed by atoms with Crippen molar-refractivity contribution in [2.45, 2.75) is 52.2 Å². The minimum Gasteiger partial charge on any atom is -0.485 e. The lowest BCUT2D eigenvalue weighted by Gasteiger charge is -2.38. The van der Waals surface area contributed by atoms with Gasteiger partial charge in [0.05, 0.1) is 18.8 Å². The molecule has 0 bridgehead atoms. The molecule has 0 spiro atoms. The standard InChI is InChI=1S/C23H35N3O4/c1-6-25-16-18(29-20-10-8-7-9-19(20)25)15-24(5)21(27)17-11-13-26(14-12-17)22(28)30-23(2,3)4/h7-10,17-18H,6,11-16H2,1-5H3/t18-/m1/s1. The van der Waals surface area contributed by atoms with Gasteiger partial charge in [-0.05, 0) is 52.7 Å². The molecule has 1 saturated heterocycles. The molecule has 3 rings (SSSR count). The summed E-state index contributed by atoms with van der Waals surface area (Å²) in [5.74, 6) is 0.943. The Bertz CT molecular complexity index is 753. The van der Waals surface area contributed by atoms with E-state index in [1.807, 2.05) is 46.0 Å². The van der Waals surface area contributed by atoms with Gasteiger partial charge in [-0.25, -0.2) is 4.79 Å². The fraction of sp³-hybridized carbons (Fsp3) is 0.652. The van der Waals surface area contributed by atoms with Gasteiger partial charge in [0.2, 0.25) is 5.91 Å². The minimum atomic E-state index is -0.505. The zero-order valence-electron chi connectivity index (χ0n) is 18.9. The maximum absolute atomic E-state index is 13.0. The van der Waals surface area contributed by atoms with Crippen LogP contribution in [0.5, 0.6) is 5.75 Å². The number of fused-ring (bicyclic) bond motifs is 1. The molecule has 1 aromatic carbocycles. The van der Waals surface area contributed by atoms with Gasteiger partial charge in [-0.2, -0.15) is 0 Å². The quantitative estimate of drug-likeness (QED) is 0.752. The van der Waals surface area contributed by atoms with Crippen molar-refractivity contribution in [3.05, 3.63) is 24.3 Å². The van der Waals surface area contributed by atoms with Gasteiger partial charge < -0.3 is 24.2 Å². The highest BCUT2D eigenvalue weighted by atomic mass is 16.6. The van der Waals surface area contributed by atoms with E-state index in [-0.39, 0.29) is 24.0 Å². The highest BCUT2D eigenvalue weighted by Gasteiger charge is 2.33. The molecule has 0 aromatic heterocycles. The summed E-state index contributed by atoms with van der Waals surface area (Å²) < 4.78 is 11.6. The Balaban J connectivity index is 1.52. The SMILES string of the molecule is CCN1C[C@@H](CN(C)C(=O)C2CCN(C(=O)OC(C)(C)C)CC2)Oc2ccccc21. The van der Waals surface area contributed by atoms with Crippen LogP contribution < -0.4 is 9.64 Å². The van der Waals surface area contributed by atoms with Crippen LogP contribution in [0.4, 0.5) is 10.5 Å². The van der Waals surface area contributed by atoms with Crippen molar-refractivity contribution in [3.8, 4) is 5.75 Å². The maximum Gasteiger partial charge on any atom is 0.410 e. The number of carbonyl (C=O) groups is 2. The second-order valence-electron chi connectivity index (χ2n) is 9.21. The number of likely N-dealkylation sites (N-methyl/N-ethyl adjacent to an activating group) is 2. The fourth-order valence-electron chi connectivity index (χ4n) is 4.12. The molecule has 0 saturated carbocycles. The number of hydrogen-bond acceptors (Lipinski definition) is 5. The number of amides is 2. The van der Waals surface area contributed by atoms with E-state index in [0.29, 0.717) is 32.5 Å². The van der Waals surface area contributed by atoms with Gasteiger partial charge in [-0.1, -0.05) is 12.1 Å². The number of carbonyl (C=O) groups excluding carboxylic acids is 2. The summed E-state index contributed by atoms with van der Waals surface area (Å²) in [7, 11) is 1.85. The average molecular weight is 418 g/mol. The predicted octanol–water partition coefficient (Wildman–Crippen LogP) is 3.38. The first-order chi connectivity index (χ1) is 14.2. The molecule has 1 atom stereocenters. The Hall–Kier alpha value is -2.44. The average Bonchev–Trinajstić information content (AvgIpc) is 2.71. The molecule has 1 aromatic rings. The van der Waals surface area contributed by atoms with Gasteiger partial charge in [0.1, 0.15) is 17.5 Å². The zero-order valence-corrected chi connectivity index (χ0v) is 18.9. The second-order valence-corrected chi connectivity index (χ2v) is 9.21. The van der Waals surface area contributed by atoms with Gasteiger partial charge in [0.15, 0.2) is 0 Å². The molecule has 2 aliphatic rings. The van der Waals surface area contributed by atoms with Gasteiger partial charge in [0.25, 0.3) is 0 Å². The van der Waals surface area contributed by atoms with Crippen LogP contribution in [0.3, 0.4) is 0 Å². The van der Waals surface area contributed by atoms with Crippen LogP contribution in [-0.4, -0.2) is 73.3 Å². The number of piperidine rings is 1. The highest BCUT2D eigenvalue weighted by molar-refractivity contribution is 5.79. The van der Waals surface area contributed by atoms with E-state index in [1.54, 1.807) is 9.80 Å². The number of hydrogen-bond donors (Lipinski definition) is 0. The Morgan fingerprint density at radius 1 is 1.20 bits per heavy atom. The fourth-order valence-corrected chi connectivity index (χ4v) is 4.12. The number of anilines is 1. The molecule has 0 unspecified atom stereocenters. The summed E-state index contributed by atoms with van der Waals surface area (Å²) in [5.41, 5.74) is 0.606. The van der Waals surface area contributed by atoms with Gasteiger partial charge >= 0.3 is 6.09 Å². The molecule has 166 valence electrons. The molecule has 0 aliphatic carbocycles. The molecule has 0 radical (unpaired) electrons. The number of likely N-dealkylation sites (tertiary alicyclic amines) is 1. The smallest absolute Gasteiger partial charge is 0.410 e. The van der Waals surface area contributed by atoms with Crippen LogP contribution in [0.15, 0.2) is 24.3 Å². The topological polar surface area (TPSA) is 62.3 Å². The molecule has 2 aliphatic heterocycles. The zero-order chi connectivity index (χ0) is 21.9. The molecule has 7 nitrogen and oxygen atoms in total. The first-order valence-corrected chi connectivity index (χ1v) is 10.9. The van der Waals surface area contributed by atoms with Gasteiger partial charge in [-0.15, -0.1) is 0 Å². The predicted molar refractivity (Wildman–Crippen MR) is 117 cm³/mol. The molecule has 2 amide bonds. The van der Waals surface area contributed by atoms with Crippen molar-refractivity contribution in [2.75, 3.05) is 44.7 Å². The monoisotopic (exact) mass is 417 g/mol. The van der Waals surface area contributed by atoms with Crippen LogP contribution in [0.1, 0.15) is 40.5 Å². The van der Waals surface area contributed by atoms with Crippen LogP contribution >= 0.6 is 0 Å². The van der Waals surface area contributed by atoms with Crippen molar-refractivity contribution in [2.24, 2.45) is 5.92 Å². The first kappa shape index (κ1) is 22.2. The Labute approximate surface area is 179 Å². The normalized spacial score (nSPS) is 19.7. The summed E-state index contributed by atoms with van der Waals surface area (Å²) in [6, 6.07) is 8.05. The van der Waals surface area contributed by atoms with Crippen molar-refractivity contribution < 1.29 is 19.1 Å². The van der Waals surface area contributed by atoms with Crippen molar-refractivity contribution in [1.29, 1.82) is 0 Å². The van der Waals surface area contributed by atoms with E-state index in [2.05, 4.69) is 17.9 Å². The van der Waals surface area contributed by atoms with E-state index in [4.69, 9.17) is 9.47 Å². The molecule has 1 fully saturated rings. The van der Waals surface area contributed by atoms with Crippen LogP contribution in [0.25, 0.3) is 0 Å². The second kappa shape index (κ2) is 9.14. The molecule has 2 heterocycles. The van der Waals surface area contributed by atoms with Gasteiger partial charge in [-0.3, -0.25) is 4.79 Å². The summed E-state index contributed by atoms with van der Waals surface area (Å²) in [5, 5.41) is 0. The van der Waals surface area contributed by atoms with E-state index >= 15 is 0 Å². The third-order valence-electron chi connectivity index (χ3n) is 5.65.